The van der Waals surface area contributed by atoms with Crippen LogP contribution in [0.1, 0.15) is 38.2 Å². The number of carbonyl (C=O) groups excluding carboxylic acids is 1. The topological polar surface area (TPSA) is 92.4 Å². The summed E-state index contributed by atoms with van der Waals surface area (Å²) < 4.78 is 0. The number of aryl methyl sites for hydroxylation is 1. The summed E-state index contributed by atoms with van der Waals surface area (Å²) in [5.74, 6) is -0.846. The molecule has 1 aromatic carbocycles. The first kappa shape index (κ1) is 15.5. The summed E-state index contributed by atoms with van der Waals surface area (Å²) in [4.78, 5) is 22.9. The average molecular weight is 290 g/mol. The molecule has 21 heavy (non-hydrogen) atoms. The fourth-order valence-electron chi connectivity index (χ4n) is 2.75. The molecule has 1 fully saturated rings. The third-order valence-corrected chi connectivity index (χ3v) is 4.39. The second-order valence-electron chi connectivity index (χ2n) is 5.96. The Balaban J connectivity index is 1.97. The SMILES string of the molecule is CC1(C(=O)Nc2ccc(CCC(=O)O)cc2)CCCC1N. The first-order valence-corrected chi connectivity index (χ1v) is 7.29. The molecule has 0 bridgehead atoms. The molecule has 0 spiro atoms. The van der Waals surface area contributed by atoms with Crippen LogP contribution in [0.5, 0.6) is 0 Å². The van der Waals surface area contributed by atoms with Crippen LogP contribution < -0.4 is 11.1 Å². The first-order chi connectivity index (χ1) is 9.91. The van der Waals surface area contributed by atoms with Gasteiger partial charge in [0, 0.05) is 18.2 Å². The molecule has 0 radical (unpaired) electrons. The second kappa shape index (κ2) is 6.26. The number of nitrogens with two attached hydrogens (primary N) is 1. The first-order valence-electron chi connectivity index (χ1n) is 7.29. The quantitative estimate of drug-likeness (QED) is 0.774. The molecule has 1 amide bonds. The van der Waals surface area contributed by atoms with Gasteiger partial charge in [-0.1, -0.05) is 18.6 Å². The summed E-state index contributed by atoms with van der Waals surface area (Å²) in [5, 5.41) is 11.6. The van der Waals surface area contributed by atoms with Gasteiger partial charge in [-0.05, 0) is 43.9 Å². The molecule has 1 saturated carbocycles. The van der Waals surface area contributed by atoms with E-state index in [1.807, 2.05) is 19.1 Å². The van der Waals surface area contributed by atoms with Crippen molar-refractivity contribution in [1.29, 1.82) is 0 Å². The molecule has 4 N–H and O–H groups in total. The molecule has 0 saturated heterocycles. The average Bonchev–Trinajstić information content (AvgIpc) is 2.79. The Labute approximate surface area is 124 Å². The number of amides is 1. The molecule has 2 rings (SSSR count). The Morgan fingerprint density at radius 3 is 2.57 bits per heavy atom. The normalized spacial score (nSPS) is 24.8. The van der Waals surface area contributed by atoms with Crippen molar-refractivity contribution >= 4 is 17.6 Å². The number of anilines is 1. The summed E-state index contributed by atoms with van der Waals surface area (Å²) >= 11 is 0. The second-order valence-corrected chi connectivity index (χ2v) is 5.96. The Kier molecular flexibility index (Phi) is 4.63. The largest absolute Gasteiger partial charge is 0.481 e. The van der Waals surface area contributed by atoms with Crippen LogP contribution in [0, 0.1) is 5.41 Å². The minimum atomic E-state index is -0.810. The van der Waals surface area contributed by atoms with Crippen molar-refractivity contribution in [2.75, 3.05) is 5.32 Å². The van der Waals surface area contributed by atoms with E-state index in [-0.39, 0.29) is 18.4 Å². The fourth-order valence-corrected chi connectivity index (χ4v) is 2.75. The zero-order valence-corrected chi connectivity index (χ0v) is 12.3. The molecular weight excluding hydrogens is 268 g/mol. The van der Waals surface area contributed by atoms with Crippen LogP contribution >= 0.6 is 0 Å². The minimum Gasteiger partial charge on any atom is -0.481 e. The highest BCUT2D eigenvalue weighted by molar-refractivity contribution is 5.95. The Bertz CT molecular complexity index is 527. The predicted octanol–water partition coefficient (Wildman–Crippen LogP) is 2.16. The maximum absolute atomic E-state index is 12.4. The molecule has 2 atom stereocenters. The molecule has 0 aliphatic heterocycles. The maximum atomic E-state index is 12.4. The van der Waals surface area contributed by atoms with Gasteiger partial charge in [-0.25, -0.2) is 0 Å². The van der Waals surface area contributed by atoms with Crippen LogP contribution in [0.4, 0.5) is 5.69 Å². The van der Waals surface area contributed by atoms with E-state index in [1.54, 1.807) is 12.1 Å². The predicted molar refractivity (Wildman–Crippen MR) is 81.0 cm³/mol. The highest BCUT2D eigenvalue weighted by Gasteiger charge is 2.42. The number of benzene rings is 1. The Morgan fingerprint density at radius 2 is 2.05 bits per heavy atom. The number of carbonyl (C=O) groups is 2. The molecular formula is C16H22N2O3. The van der Waals surface area contributed by atoms with E-state index in [4.69, 9.17) is 10.8 Å². The molecule has 0 heterocycles. The van der Waals surface area contributed by atoms with Crippen molar-refractivity contribution in [3.05, 3.63) is 29.8 Å². The molecule has 5 nitrogen and oxygen atoms in total. The summed E-state index contributed by atoms with van der Waals surface area (Å²) in [5.41, 5.74) is 7.21. The van der Waals surface area contributed by atoms with Gasteiger partial charge in [0.05, 0.1) is 5.41 Å². The van der Waals surface area contributed by atoms with Crippen molar-refractivity contribution in [2.24, 2.45) is 11.1 Å². The van der Waals surface area contributed by atoms with Crippen molar-refractivity contribution < 1.29 is 14.7 Å². The summed E-state index contributed by atoms with van der Waals surface area (Å²) in [6, 6.07) is 7.20. The summed E-state index contributed by atoms with van der Waals surface area (Å²) in [7, 11) is 0. The lowest BCUT2D eigenvalue weighted by molar-refractivity contribution is -0.137. The van der Waals surface area contributed by atoms with Gasteiger partial charge in [-0.3, -0.25) is 9.59 Å². The van der Waals surface area contributed by atoms with Gasteiger partial charge in [0.15, 0.2) is 0 Å². The van der Waals surface area contributed by atoms with Gasteiger partial charge in [0.25, 0.3) is 0 Å². The lowest BCUT2D eigenvalue weighted by Gasteiger charge is -2.27. The number of hydrogen-bond acceptors (Lipinski definition) is 3. The lowest BCUT2D eigenvalue weighted by atomic mass is 9.84. The zero-order valence-electron chi connectivity index (χ0n) is 12.3. The number of nitrogens with one attached hydrogen (secondary N) is 1. The Morgan fingerprint density at radius 1 is 1.38 bits per heavy atom. The third kappa shape index (κ3) is 3.61. The third-order valence-electron chi connectivity index (χ3n) is 4.39. The number of aliphatic carboxylic acids is 1. The van der Waals surface area contributed by atoms with Gasteiger partial charge >= 0.3 is 5.97 Å². The van der Waals surface area contributed by atoms with Gasteiger partial charge in [-0.15, -0.1) is 0 Å². The zero-order chi connectivity index (χ0) is 15.5. The standard InChI is InChI=1S/C16H22N2O3/c1-16(10-2-3-13(16)17)15(21)18-12-7-4-11(5-8-12)6-9-14(19)20/h4-5,7-8,13H,2-3,6,9-10,17H2,1H3,(H,18,21)(H,19,20). The number of rotatable bonds is 5. The number of hydrogen-bond donors (Lipinski definition) is 3. The highest BCUT2D eigenvalue weighted by atomic mass is 16.4. The molecule has 114 valence electrons. The molecule has 2 unspecified atom stereocenters. The maximum Gasteiger partial charge on any atom is 0.303 e. The molecule has 1 aliphatic carbocycles. The van der Waals surface area contributed by atoms with Gasteiger partial charge in [0.2, 0.25) is 5.91 Å². The van der Waals surface area contributed by atoms with Crippen molar-refractivity contribution in [1.82, 2.24) is 0 Å². The smallest absolute Gasteiger partial charge is 0.303 e. The van der Waals surface area contributed by atoms with E-state index in [9.17, 15) is 9.59 Å². The van der Waals surface area contributed by atoms with Crippen LogP contribution in [0.2, 0.25) is 0 Å². The van der Waals surface area contributed by atoms with Crippen molar-refractivity contribution in [3.8, 4) is 0 Å². The Hall–Kier alpha value is -1.88. The number of carboxylic acid groups (broad SMARTS) is 1. The van der Waals surface area contributed by atoms with E-state index < -0.39 is 11.4 Å². The van der Waals surface area contributed by atoms with Crippen LogP contribution in [0.15, 0.2) is 24.3 Å². The summed E-state index contributed by atoms with van der Waals surface area (Å²) in [6.07, 6.45) is 3.29. The highest BCUT2D eigenvalue weighted by Crippen LogP contribution is 2.37. The van der Waals surface area contributed by atoms with Crippen LogP contribution in [0.25, 0.3) is 0 Å². The van der Waals surface area contributed by atoms with Gasteiger partial charge < -0.3 is 16.2 Å². The van der Waals surface area contributed by atoms with Gasteiger partial charge in [-0.2, -0.15) is 0 Å². The van der Waals surface area contributed by atoms with Gasteiger partial charge in [0.1, 0.15) is 0 Å². The van der Waals surface area contributed by atoms with E-state index in [0.29, 0.717) is 6.42 Å². The summed E-state index contributed by atoms with van der Waals surface area (Å²) in [6.45, 7) is 1.92. The molecule has 5 heteroatoms. The number of carboxylic acids is 1. The van der Waals surface area contributed by atoms with Crippen LogP contribution in [0.3, 0.4) is 0 Å². The molecule has 1 aliphatic rings. The fraction of sp³-hybridized carbons (Fsp3) is 0.500. The lowest BCUT2D eigenvalue weighted by Crippen LogP contribution is -2.44. The molecule has 0 aromatic heterocycles. The van der Waals surface area contributed by atoms with E-state index in [2.05, 4.69) is 5.32 Å². The monoisotopic (exact) mass is 290 g/mol. The van der Waals surface area contributed by atoms with E-state index >= 15 is 0 Å². The minimum absolute atomic E-state index is 0.0363. The van der Waals surface area contributed by atoms with Crippen molar-refractivity contribution in [2.45, 2.75) is 45.1 Å². The van der Waals surface area contributed by atoms with Crippen LogP contribution in [-0.2, 0) is 16.0 Å². The van der Waals surface area contributed by atoms with E-state index in [1.165, 1.54) is 0 Å². The van der Waals surface area contributed by atoms with Crippen molar-refractivity contribution in [3.63, 3.8) is 0 Å². The van der Waals surface area contributed by atoms with Crippen LogP contribution in [-0.4, -0.2) is 23.0 Å². The van der Waals surface area contributed by atoms with E-state index in [0.717, 1.165) is 30.5 Å². The molecule has 1 aromatic rings.